The molecule has 0 amide bonds. The van der Waals surface area contributed by atoms with Crippen molar-refractivity contribution in [3.63, 3.8) is 0 Å². The van der Waals surface area contributed by atoms with E-state index in [-0.39, 0.29) is 0 Å². The fraction of sp³-hybridized carbons (Fsp3) is 0.0303. The number of hydrogen-bond acceptors (Lipinski definition) is 5. The van der Waals surface area contributed by atoms with Gasteiger partial charge in [0.1, 0.15) is 11.2 Å². The molecule has 0 spiro atoms. The third-order valence-electron chi connectivity index (χ3n) is 14.4. The zero-order chi connectivity index (χ0) is 47.3. The maximum absolute atomic E-state index is 7.01. The monoisotopic (exact) mass is 911 g/mol. The van der Waals surface area contributed by atoms with Gasteiger partial charge in [0.05, 0.1) is 34.1 Å². The van der Waals surface area contributed by atoms with Crippen molar-refractivity contribution in [2.24, 2.45) is 0 Å². The lowest BCUT2D eigenvalue weighted by molar-refractivity contribution is 0.669. The molecule has 0 atom stereocenters. The highest BCUT2D eigenvalue weighted by atomic mass is 16.3. The Kier molecular flexibility index (Phi) is 9.10. The summed E-state index contributed by atoms with van der Waals surface area (Å²) in [5.74, 6) is 0. The highest BCUT2D eigenvalue weighted by Gasteiger charge is 2.30. The molecule has 336 valence electrons. The minimum absolute atomic E-state index is 0.679. The molecule has 2 heterocycles. The van der Waals surface area contributed by atoms with E-state index < -0.39 is 0 Å². The predicted octanol–water partition coefficient (Wildman–Crippen LogP) is 18.9. The Hall–Kier alpha value is -9.32. The number of hydrogen-bond donors (Lipinski definition) is 1. The molecule has 14 aromatic rings. The number of aryl methyl sites for hydroxylation is 2. The Balaban J connectivity index is 1.18. The van der Waals surface area contributed by atoms with Gasteiger partial charge in [-0.2, -0.15) is 0 Å². The molecule has 12 aromatic carbocycles. The molecule has 0 unspecified atom stereocenters. The van der Waals surface area contributed by atoms with E-state index in [1.807, 2.05) is 18.2 Å². The zero-order valence-corrected chi connectivity index (χ0v) is 39.2. The second-order valence-corrected chi connectivity index (χ2v) is 18.8. The SMILES string of the molecule is Cc1ccc(N(c2cc(N(c3ccc(N)cc3-c3ccccc3)c3cccc4c3oc3ccccc34)c3ccc4cc(C)cc5ccc2c3c54)c2cccc3c2oc2ccccc23)c(-c2ccccc2)c1. The number of para-hydroxylation sites is 4. The molecule has 14 rings (SSSR count). The number of furan rings is 2. The van der Waals surface area contributed by atoms with Crippen LogP contribution in [-0.2, 0) is 0 Å². The van der Waals surface area contributed by atoms with Crippen molar-refractivity contribution < 1.29 is 8.83 Å². The molecule has 5 nitrogen and oxygen atoms in total. The average molecular weight is 912 g/mol. The molecule has 71 heavy (non-hydrogen) atoms. The van der Waals surface area contributed by atoms with Crippen molar-refractivity contribution in [1.82, 2.24) is 0 Å². The van der Waals surface area contributed by atoms with E-state index in [2.05, 4.69) is 230 Å². The van der Waals surface area contributed by atoms with E-state index in [1.54, 1.807) is 0 Å². The molecular weight excluding hydrogens is 867 g/mol. The quantitative estimate of drug-likeness (QED) is 0.122. The first kappa shape index (κ1) is 40.7. The van der Waals surface area contributed by atoms with Crippen LogP contribution in [-0.4, -0.2) is 0 Å². The number of benzene rings is 12. The smallest absolute Gasteiger partial charge is 0.159 e. The van der Waals surface area contributed by atoms with Crippen molar-refractivity contribution in [1.29, 1.82) is 0 Å². The van der Waals surface area contributed by atoms with Gasteiger partial charge >= 0.3 is 0 Å². The topological polar surface area (TPSA) is 58.8 Å². The van der Waals surface area contributed by atoms with E-state index >= 15 is 0 Å². The van der Waals surface area contributed by atoms with E-state index in [0.29, 0.717) is 5.69 Å². The van der Waals surface area contributed by atoms with Crippen LogP contribution < -0.4 is 15.5 Å². The van der Waals surface area contributed by atoms with Gasteiger partial charge in [-0.3, -0.25) is 0 Å². The Morgan fingerprint density at radius 1 is 0.324 bits per heavy atom. The molecule has 0 aliphatic heterocycles. The fourth-order valence-corrected chi connectivity index (χ4v) is 11.3. The highest BCUT2D eigenvalue weighted by molar-refractivity contribution is 6.30. The van der Waals surface area contributed by atoms with Crippen LogP contribution in [0.2, 0.25) is 0 Å². The first-order valence-corrected chi connectivity index (χ1v) is 24.2. The standard InChI is InChI=1S/C66H45N3O2/c1-40-27-33-55(53(37-40)42-15-5-3-6-16-42)68(57-23-13-21-49-47-19-9-11-25-61(47)70-65(49)57)59-39-60(52-32-29-45-36-41(2)35-44-28-31-51(59)64(52)63(44)45)69(56-34-30-46(67)38-54(56)43-17-7-4-8-18-43)58-24-14-22-50-48-20-10-12-26-62(48)71-66(50)58/h3-39H,67H2,1-2H3. The summed E-state index contributed by atoms with van der Waals surface area (Å²) in [6.07, 6.45) is 0. The summed E-state index contributed by atoms with van der Waals surface area (Å²) >= 11 is 0. The Morgan fingerprint density at radius 3 is 1.35 bits per heavy atom. The minimum Gasteiger partial charge on any atom is -0.454 e. The lowest BCUT2D eigenvalue weighted by Crippen LogP contribution is -2.16. The van der Waals surface area contributed by atoms with Gasteiger partial charge in [-0.05, 0) is 107 Å². The number of nitrogens with two attached hydrogens (primary N) is 1. The maximum Gasteiger partial charge on any atom is 0.159 e. The van der Waals surface area contributed by atoms with E-state index in [0.717, 1.165) is 111 Å². The average Bonchev–Trinajstić information content (AvgIpc) is 3.99. The van der Waals surface area contributed by atoms with Gasteiger partial charge in [0.15, 0.2) is 11.2 Å². The van der Waals surface area contributed by atoms with Crippen LogP contribution >= 0.6 is 0 Å². The second kappa shape index (κ2) is 15.9. The lowest BCUT2D eigenvalue weighted by atomic mass is 9.90. The van der Waals surface area contributed by atoms with Crippen LogP contribution in [0.4, 0.5) is 39.8 Å². The van der Waals surface area contributed by atoms with Crippen molar-refractivity contribution >= 4 is 116 Å². The van der Waals surface area contributed by atoms with Crippen LogP contribution in [0.3, 0.4) is 0 Å². The van der Waals surface area contributed by atoms with Crippen molar-refractivity contribution in [2.45, 2.75) is 13.8 Å². The number of fused-ring (bicyclic) bond motifs is 6. The predicted molar refractivity (Wildman–Crippen MR) is 299 cm³/mol. The van der Waals surface area contributed by atoms with Gasteiger partial charge < -0.3 is 24.4 Å². The molecule has 5 heteroatoms. The summed E-state index contributed by atoms with van der Waals surface area (Å²) in [5.41, 5.74) is 23.2. The first-order valence-electron chi connectivity index (χ1n) is 24.2. The zero-order valence-electron chi connectivity index (χ0n) is 39.2. The van der Waals surface area contributed by atoms with Crippen molar-refractivity contribution in [3.05, 3.63) is 236 Å². The molecule has 2 aromatic heterocycles. The van der Waals surface area contributed by atoms with Crippen LogP contribution in [0, 0.1) is 13.8 Å². The minimum atomic E-state index is 0.679. The number of rotatable bonds is 8. The largest absolute Gasteiger partial charge is 0.454 e. The second-order valence-electron chi connectivity index (χ2n) is 18.8. The van der Waals surface area contributed by atoms with Crippen LogP contribution in [0.5, 0.6) is 0 Å². The molecule has 2 N–H and O–H groups in total. The molecule has 0 aliphatic carbocycles. The van der Waals surface area contributed by atoms with Crippen LogP contribution in [0.1, 0.15) is 11.1 Å². The van der Waals surface area contributed by atoms with E-state index in [9.17, 15) is 0 Å². The summed E-state index contributed by atoms with van der Waals surface area (Å²) in [5, 5.41) is 11.2. The summed E-state index contributed by atoms with van der Waals surface area (Å²) in [6.45, 7) is 4.36. The summed E-state index contributed by atoms with van der Waals surface area (Å²) in [4.78, 5) is 4.87. The van der Waals surface area contributed by atoms with Crippen molar-refractivity contribution in [3.8, 4) is 22.3 Å². The summed E-state index contributed by atoms with van der Waals surface area (Å²) in [7, 11) is 0. The molecule has 0 saturated carbocycles. The van der Waals surface area contributed by atoms with Crippen molar-refractivity contribution in [2.75, 3.05) is 15.5 Å². The third-order valence-corrected chi connectivity index (χ3v) is 14.4. The van der Waals surface area contributed by atoms with Crippen LogP contribution in [0.25, 0.3) is 98.4 Å². The Morgan fingerprint density at radius 2 is 0.803 bits per heavy atom. The van der Waals surface area contributed by atoms with Gasteiger partial charge in [0.25, 0.3) is 0 Å². The Labute approximate surface area is 410 Å². The van der Waals surface area contributed by atoms with E-state index in [4.69, 9.17) is 14.6 Å². The lowest BCUT2D eigenvalue weighted by Gasteiger charge is -2.34. The number of nitrogens with zero attached hydrogens (tertiary/aromatic N) is 2. The molecule has 0 radical (unpaired) electrons. The number of anilines is 7. The van der Waals surface area contributed by atoms with Gasteiger partial charge in [0, 0.05) is 54.5 Å². The molecular formula is C66H45N3O2. The Bertz CT molecular complexity index is 4120. The van der Waals surface area contributed by atoms with Gasteiger partial charge in [0.2, 0.25) is 0 Å². The summed E-state index contributed by atoms with van der Waals surface area (Å²) < 4.78 is 14.0. The molecule has 0 saturated heterocycles. The molecule has 0 aliphatic rings. The fourth-order valence-electron chi connectivity index (χ4n) is 11.3. The third kappa shape index (κ3) is 6.40. The van der Waals surface area contributed by atoms with E-state index in [1.165, 1.54) is 32.7 Å². The molecule has 0 bridgehead atoms. The van der Waals surface area contributed by atoms with Crippen LogP contribution in [0.15, 0.2) is 233 Å². The number of nitrogen functional groups attached to an aromatic ring is 1. The first-order chi connectivity index (χ1) is 34.9. The summed E-state index contributed by atoms with van der Waals surface area (Å²) in [6, 6.07) is 80.4. The maximum atomic E-state index is 7.01. The van der Waals surface area contributed by atoms with Gasteiger partial charge in [-0.1, -0.05) is 169 Å². The highest BCUT2D eigenvalue weighted by Crippen LogP contribution is 2.55. The van der Waals surface area contributed by atoms with Gasteiger partial charge in [-0.15, -0.1) is 0 Å². The molecule has 0 fully saturated rings. The normalized spacial score (nSPS) is 11.9. The van der Waals surface area contributed by atoms with Gasteiger partial charge in [-0.25, -0.2) is 0 Å².